The van der Waals surface area contributed by atoms with Gasteiger partial charge >= 0.3 is 5.97 Å². The van der Waals surface area contributed by atoms with Crippen LogP contribution in [0.3, 0.4) is 0 Å². The summed E-state index contributed by atoms with van der Waals surface area (Å²) in [6.07, 6.45) is 0. The van der Waals surface area contributed by atoms with E-state index in [4.69, 9.17) is 9.15 Å². The molecule has 0 bridgehead atoms. The molecule has 3 rings (SSSR count). The van der Waals surface area contributed by atoms with Gasteiger partial charge in [-0.15, -0.1) is 0 Å². The number of nitriles is 1. The van der Waals surface area contributed by atoms with Crippen molar-refractivity contribution in [3.8, 4) is 6.07 Å². The summed E-state index contributed by atoms with van der Waals surface area (Å²) in [5.74, 6) is -1.12. The lowest BCUT2D eigenvalue weighted by Gasteiger charge is -2.08. The van der Waals surface area contributed by atoms with E-state index >= 15 is 0 Å². The maximum absolute atomic E-state index is 12.2. The Morgan fingerprint density at radius 2 is 1.96 bits per heavy atom. The van der Waals surface area contributed by atoms with Crippen LogP contribution < -0.4 is 5.32 Å². The van der Waals surface area contributed by atoms with Crippen LogP contribution in [-0.4, -0.2) is 18.5 Å². The molecule has 0 saturated heterocycles. The van der Waals surface area contributed by atoms with E-state index in [1.165, 1.54) is 0 Å². The van der Waals surface area contributed by atoms with Crippen LogP contribution in [0.4, 0.5) is 5.69 Å². The number of benzene rings is 2. The number of furan rings is 1. The van der Waals surface area contributed by atoms with E-state index in [9.17, 15) is 14.9 Å². The number of nitrogens with one attached hydrogen (secondary N) is 1. The lowest BCUT2D eigenvalue weighted by atomic mass is 10.1. The predicted molar refractivity (Wildman–Crippen MR) is 95.8 cm³/mol. The molecule has 0 fully saturated rings. The summed E-state index contributed by atoms with van der Waals surface area (Å²) in [4.78, 5) is 24.3. The third-order valence-electron chi connectivity index (χ3n) is 3.90. The standard InChI is InChI=1S/C20H16N2O4/c1-12-7-8-14(13(2)9-12)20(24)25-11-18(23)22-19-15-5-3-4-6-16(15)26-17(19)10-21/h3-9H,11H2,1-2H3,(H,22,23). The molecule has 2 aromatic carbocycles. The Morgan fingerprint density at radius 1 is 1.19 bits per heavy atom. The number of carbonyl (C=O) groups excluding carboxylic acids is 2. The quantitative estimate of drug-likeness (QED) is 0.726. The average Bonchev–Trinajstić information content (AvgIpc) is 2.97. The van der Waals surface area contributed by atoms with Crippen molar-refractivity contribution in [3.05, 3.63) is 64.9 Å². The van der Waals surface area contributed by atoms with E-state index in [0.29, 0.717) is 16.5 Å². The number of amides is 1. The van der Waals surface area contributed by atoms with Crippen molar-refractivity contribution in [1.82, 2.24) is 0 Å². The van der Waals surface area contributed by atoms with E-state index in [0.717, 1.165) is 11.1 Å². The van der Waals surface area contributed by atoms with Gasteiger partial charge in [0.1, 0.15) is 17.3 Å². The minimum atomic E-state index is -0.574. The number of esters is 1. The second-order valence-corrected chi connectivity index (χ2v) is 5.86. The Bertz CT molecular complexity index is 1040. The number of rotatable bonds is 4. The van der Waals surface area contributed by atoms with Crippen LogP contribution in [0, 0.1) is 25.2 Å². The van der Waals surface area contributed by atoms with E-state index in [1.54, 1.807) is 43.3 Å². The van der Waals surface area contributed by atoms with E-state index in [1.807, 2.05) is 19.1 Å². The molecule has 0 saturated carbocycles. The number of para-hydroxylation sites is 1. The lowest BCUT2D eigenvalue weighted by molar-refractivity contribution is -0.119. The fraction of sp³-hybridized carbons (Fsp3) is 0.150. The molecule has 0 aliphatic rings. The normalized spacial score (nSPS) is 10.3. The molecule has 0 aliphatic heterocycles. The van der Waals surface area contributed by atoms with E-state index in [2.05, 4.69) is 5.32 Å². The molecule has 1 heterocycles. The van der Waals surface area contributed by atoms with Gasteiger partial charge in [0.05, 0.1) is 5.56 Å². The van der Waals surface area contributed by atoms with Crippen LogP contribution in [0.5, 0.6) is 0 Å². The fourth-order valence-electron chi connectivity index (χ4n) is 2.68. The van der Waals surface area contributed by atoms with Crippen LogP contribution >= 0.6 is 0 Å². The molecule has 0 unspecified atom stereocenters. The predicted octanol–water partition coefficient (Wildman–Crippen LogP) is 3.72. The summed E-state index contributed by atoms with van der Waals surface area (Å²) in [5.41, 5.74) is 2.99. The van der Waals surface area contributed by atoms with Gasteiger partial charge in [-0.05, 0) is 37.6 Å². The highest BCUT2D eigenvalue weighted by Gasteiger charge is 2.18. The SMILES string of the molecule is Cc1ccc(C(=O)OCC(=O)Nc2c(C#N)oc3ccccc23)c(C)c1. The van der Waals surface area contributed by atoms with Crippen molar-refractivity contribution in [2.24, 2.45) is 0 Å². The van der Waals surface area contributed by atoms with Crippen molar-refractivity contribution < 1.29 is 18.7 Å². The van der Waals surface area contributed by atoms with Crippen LogP contribution in [-0.2, 0) is 9.53 Å². The number of hydrogen-bond donors (Lipinski definition) is 1. The van der Waals surface area contributed by atoms with Gasteiger partial charge in [0.2, 0.25) is 5.76 Å². The molecule has 130 valence electrons. The summed E-state index contributed by atoms with van der Waals surface area (Å²) >= 11 is 0. The molecule has 26 heavy (non-hydrogen) atoms. The lowest BCUT2D eigenvalue weighted by Crippen LogP contribution is -2.21. The highest BCUT2D eigenvalue weighted by atomic mass is 16.5. The van der Waals surface area contributed by atoms with Crippen LogP contribution in [0.15, 0.2) is 46.9 Å². The van der Waals surface area contributed by atoms with Gasteiger partial charge in [-0.3, -0.25) is 4.79 Å². The van der Waals surface area contributed by atoms with Crippen LogP contribution in [0.25, 0.3) is 11.0 Å². The molecule has 3 aromatic rings. The summed E-state index contributed by atoms with van der Waals surface area (Å²) < 4.78 is 10.5. The molecule has 0 atom stereocenters. The van der Waals surface area contributed by atoms with E-state index in [-0.39, 0.29) is 11.4 Å². The molecule has 0 spiro atoms. The van der Waals surface area contributed by atoms with Gasteiger partial charge in [0, 0.05) is 5.39 Å². The van der Waals surface area contributed by atoms with Gasteiger partial charge in [-0.2, -0.15) is 5.26 Å². The first-order valence-corrected chi connectivity index (χ1v) is 7.95. The second kappa shape index (κ2) is 7.11. The van der Waals surface area contributed by atoms with Gasteiger partial charge in [-0.1, -0.05) is 29.8 Å². The Balaban J connectivity index is 1.70. The maximum Gasteiger partial charge on any atom is 0.338 e. The molecule has 6 heteroatoms. The van der Waals surface area contributed by atoms with Crippen molar-refractivity contribution in [2.75, 3.05) is 11.9 Å². The summed E-state index contributed by atoms with van der Waals surface area (Å²) in [7, 11) is 0. The molecular weight excluding hydrogens is 332 g/mol. The largest absolute Gasteiger partial charge is 0.452 e. The Morgan fingerprint density at radius 3 is 2.69 bits per heavy atom. The monoisotopic (exact) mass is 348 g/mol. The topological polar surface area (TPSA) is 92.3 Å². The third-order valence-corrected chi connectivity index (χ3v) is 3.90. The average molecular weight is 348 g/mol. The second-order valence-electron chi connectivity index (χ2n) is 5.86. The first-order chi connectivity index (χ1) is 12.5. The van der Waals surface area contributed by atoms with Gasteiger partial charge in [0.25, 0.3) is 5.91 Å². The number of aryl methyl sites for hydroxylation is 2. The first kappa shape index (κ1) is 17.2. The molecular formula is C20H16N2O4. The zero-order chi connectivity index (χ0) is 18.7. The molecule has 1 aromatic heterocycles. The molecule has 1 amide bonds. The number of nitrogens with zero attached hydrogens (tertiary/aromatic N) is 1. The smallest absolute Gasteiger partial charge is 0.338 e. The highest BCUT2D eigenvalue weighted by Crippen LogP contribution is 2.30. The first-order valence-electron chi connectivity index (χ1n) is 7.95. The fourth-order valence-corrected chi connectivity index (χ4v) is 2.68. The van der Waals surface area contributed by atoms with Gasteiger partial charge in [0.15, 0.2) is 6.61 Å². The molecule has 6 nitrogen and oxygen atoms in total. The molecule has 1 N–H and O–H groups in total. The molecule has 0 radical (unpaired) electrons. The Kier molecular flexibility index (Phi) is 4.72. The number of fused-ring (bicyclic) bond motifs is 1. The Labute approximate surface area is 150 Å². The van der Waals surface area contributed by atoms with Crippen molar-refractivity contribution in [2.45, 2.75) is 13.8 Å². The minimum Gasteiger partial charge on any atom is -0.452 e. The van der Waals surface area contributed by atoms with Crippen molar-refractivity contribution >= 4 is 28.5 Å². The number of carbonyl (C=O) groups is 2. The van der Waals surface area contributed by atoms with Crippen molar-refractivity contribution in [3.63, 3.8) is 0 Å². The molecule has 0 aliphatic carbocycles. The zero-order valence-corrected chi connectivity index (χ0v) is 14.3. The minimum absolute atomic E-state index is 0.000237. The summed E-state index contributed by atoms with van der Waals surface area (Å²) in [6.45, 7) is 3.27. The van der Waals surface area contributed by atoms with Crippen molar-refractivity contribution in [1.29, 1.82) is 5.26 Å². The van der Waals surface area contributed by atoms with Gasteiger partial charge < -0.3 is 14.5 Å². The maximum atomic E-state index is 12.2. The van der Waals surface area contributed by atoms with Gasteiger partial charge in [-0.25, -0.2) is 4.79 Å². The number of hydrogen-bond acceptors (Lipinski definition) is 5. The number of ether oxygens (including phenoxy) is 1. The summed E-state index contributed by atoms with van der Waals surface area (Å²) in [5, 5.41) is 12.4. The Hall–Kier alpha value is -3.59. The zero-order valence-electron chi connectivity index (χ0n) is 14.3. The van der Waals surface area contributed by atoms with Crippen LogP contribution in [0.2, 0.25) is 0 Å². The summed E-state index contributed by atoms with van der Waals surface area (Å²) in [6, 6.07) is 14.2. The highest BCUT2D eigenvalue weighted by molar-refractivity contribution is 6.04. The van der Waals surface area contributed by atoms with Crippen LogP contribution in [0.1, 0.15) is 27.2 Å². The third kappa shape index (κ3) is 3.42. The number of anilines is 1. The van der Waals surface area contributed by atoms with E-state index < -0.39 is 18.5 Å².